The van der Waals surface area contributed by atoms with Crippen molar-refractivity contribution in [1.29, 1.82) is 0 Å². The van der Waals surface area contributed by atoms with Gasteiger partial charge in [0.05, 0.1) is 0 Å². The third kappa shape index (κ3) is 8.88. The summed E-state index contributed by atoms with van der Waals surface area (Å²) in [5.41, 5.74) is 0. The Labute approximate surface area is 125 Å². The van der Waals surface area contributed by atoms with Gasteiger partial charge < -0.3 is 20.4 Å². The van der Waals surface area contributed by atoms with Crippen molar-refractivity contribution < 1.29 is 24.6 Å². The molecule has 0 aliphatic rings. The number of aliphatic carboxylic acids is 2. The van der Waals surface area contributed by atoms with Gasteiger partial charge in [-0.1, -0.05) is 26.7 Å². The van der Waals surface area contributed by atoms with Crippen LogP contribution in [0.25, 0.3) is 0 Å². The number of hydrogen-bond acceptors (Lipinski definition) is 3. The number of rotatable bonds is 11. The van der Waals surface area contributed by atoms with E-state index in [9.17, 15) is 14.4 Å². The molecule has 0 bridgehead atoms. The van der Waals surface area contributed by atoms with E-state index in [1.54, 1.807) is 4.90 Å². The highest BCUT2D eigenvalue weighted by atomic mass is 16.4. The van der Waals surface area contributed by atoms with Crippen molar-refractivity contribution in [3.05, 3.63) is 0 Å². The average Bonchev–Trinajstić information content (AvgIpc) is 2.42. The SMILES string of the molecule is CCCCN(CCCC)C(=O)NC(CCC(=O)O)C(=O)O. The maximum Gasteiger partial charge on any atom is 0.326 e. The van der Waals surface area contributed by atoms with E-state index in [0.29, 0.717) is 13.1 Å². The number of urea groups is 1. The zero-order valence-electron chi connectivity index (χ0n) is 12.8. The first-order chi connectivity index (χ1) is 9.92. The molecule has 0 aromatic heterocycles. The number of carbonyl (C=O) groups excluding carboxylic acids is 1. The van der Waals surface area contributed by atoms with Crippen LogP contribution in [0.3, 0.4) is 0 Å². The van der Waals surface area contributed by atoms with Gasteiger partial charge in [-0.05, 0) is 19.3 Å². The van der Waals surface area contributed by atoms with E-state index >= 15 is 0 Å². The number of carboxylic acids is 2. The normalized spacial score (nSPS) is 11.7. The molecule has 1 atom stereocenters. The van der Waals surface area contributed by atoms with Gasteiger partial charge in [0.15, 0.2) is 0 Å². The van der Waals surface area contributed by atoms with Crippen LogP contribution < -0.4 is 5.32 Å². The third-order valence-corrected chi connectivity index (χ3v) is 3.09. The van der Waals surface area contributed by atoms with Gasteiger partial charge in [-0.3, -0.25) is 4.79 Å². The van der Waals surface area contributed by atoms with E-state index < -0.39 is 24.0 Å². The number of unbranched alkanes of at least 4 members (excludes halogenated alkanes) is 2. The lowest BCUT2D eigenvalue weighted by atomic mass is 10.1. The highest BCUT2D eigenvalue weighted by Gasteiger charge is 2.23. The topological polar surface area (TPSA) is 107 Å². The van der Waals surface area contributed by atoms with Crippen molar-refractivity contribution in [3.63, 3.8) is 0 Å². The van der Waals surface area contributed by atoms with E-state index in [2.05, 4.69) is 5.32 Å². The number of carboxylic acid groups (broad SMARTS) is 2. The van der Waals surface area contributed by atoms with E-state index in [1.807, 2.05) is 13.8 Å². The molecule has 7 nitrogen and oxygen atoms in total. The molecule has 2 amide bonds. The molecular weight excluding hydrogens is 276 g/mol. The average molecular weight is 302 g/mol. The molecule has 0 saturated heterocycles. The first-order valence-corrected chi connectivity index (χ1v) is 7.42. The smallest absolute Gasteiger partial charge is 0.326 e. The van der Waals surface area contributed by atoms with Crippen molar-refractivity contribution in [2.75, 3.05) is 13.1 Å². The summed E-state index contributed by atoms with van der Waals surface area (Å²) in [6.45, 7) is 5.19. The molecule has 0 heterocycles. The Hall–Kier alpha value is -1.79. The van der Waals surface area contributed by atoms with E-state index in [4.69, 9.17) is 10.2 Å². The summed E-state index contributed by atoms with van der Waals surface area (Å²) in [4.78, 5) is 35.3. The van der Waals surface area contributed by atoms with Gasteiger partial charge in [0, 0.05) is 19.5 Å². The molecule has 0 aromatic carbocycles. The second kappa shape index (κ2) is 10.9. The Morgan fingerprint density at radius 1 is 1.05 bits per heavy atom. The van der Waals surface area contributed by atoms with Gasteiger partial charge >= 0.3 is 18.0 Å². The first-order valence-electron chi connectivity index (χ1n) is 7.42. The van der Waals surface area contributed by atoms with Gasteiger partial charge in [-0.15, -0.1) is 0 Å². The Balaban J connectivity index is 4.56. The molecule has 0 aliphatic carbocycles. The summed E-state index contributed by atoms with van der Waals surface area (Å²) in [6.07, 6.45) is 3.18. The predicted octanol–water partition coefficient (Wildman–Crippen LogP) is 1.92. The van der Waals surface area contributed by atoms with E-state index in [1.165, 1.54) is 0 Å². The van der Waals surface area contributed by atoms with Crippen LogP contribution >= 0.6 is 0 Å². The summed E-state index contributed by atoms with van der Waals surface area (Å²) in [7, 11) is 0. The fourth-order valence-electron chi connectivity index (χ4n) is 1.78. The standard InChI is InChI=1S/C14H26N2O5/c1-3-5-9-16(10-6-4-2)14(21)15-11(13(19)20)7-8-12(17)18/h11H,3-10H2,1-2H3,(H,15,21)(H,17,18)(H,19,20). The minimum Gasteiger partial charge on any atom is -0.481 e. The molecule has 0 saturated carbocycles. The zero-order valence-corrected chi connectivity index (χ0v) is 12.8. The molecule has 0 spiro atoms. The number of nitrogens with one attached hydrogen (secondary N) is 1. The van der Waals surface area contributed by atoms with Crippen LogP contribution in [0, 0.1) is 0 Å². The highest BCUT2D eigenvalue weighted by molar-refractivity contribution is 5.83. The van der Waals surface area contributed by atoms with Crippen LogP contribution in [0.1, 0.15) is 52.4 Å². The minimum absolute atomic E-state index is 0.119. The summed E-state index contributed by atoms with van der Waals surface area (Å²) in [6, 6.07) is -1.60. The predicted molar refractivity (Wildman–Crippen MR) is 78.2 cm³/mol. The third-order valence-electron chi connectivity index (χ3n) is 3.09. The van der Waals surface area contributed by atoms with Crippen LogP contribution in [0.2, 0.25) is 0 Å². The van der Waals surface area contributed by atoms with Crippen LogP contribution in [0.5, 0.6) is 0 Å². The van der Waals surface area contributed by atoms with Gasteiger partial charge in [-0.2, -0.15) is 0 Å². The highest BCUT2D eigenvalue weighted by Crippen LogP contribution is 2.03. The number of carbonyl (C=O) groups is 3. The lowest BCUT2D eigenvalue weighted by Crippen LogP contribution is -2.48. The van der Waals surface area contributed by atoms with Crippen molar-refractivity contribution in [1.82, 2.24) is 10.2 Å². The second-order valence-corrected chi connectivity index (χ2v) is 4.97. The molecule has 1 unspecified atom stereocenters. The Morgan fingerprint density at radius 3 is 1.95 bits per heavy atom. The molecule has 0 fully saturated rings. The molecular formula is C14H26N2O5. The van der Waals surface area contributed by atoms with E-state index in [-0.39, 0.29) is 12.8 Å². The van der Waals surface area contributed by atoms with E-state index in [0.717, 1.165) is 25.7 Å². The summed E-state index contributed by atoms with van der Waals surface area (Å²) >= 11 is 0. The van der Waals surface area contributed by atoms with Crippen molar-refractivity contribution in [2.24, 2.45) is 0 Å². The van der Waals surface area contributed by atoms with Gasteiger partial charge in [0.2, 0.25) is 0 Å². The Morgan fingerprint density at radius 2 is 1.57 bits per heavy atom. The van der Waals surface area contributed by atoms with Crippen molar-refractivity contribution >= 4 is 18.0 Å². The molecule has 0 rings (SSSR count). The lowest BCUT2D eigenvalue weighted by molar-refractivity contribution is -0.140. The molecule has 3 N–H and O–H groups in total. The van der Waals surface area contributed by atoms with Gasteiger partial charge in [0.1, 0.15) is 6.04 Å². The van der Waals surface area contributed by atoms with Crippen LogP contribution in [0.4, 0.5) is 4.79 Å². The Kier molecular flexibility index (Phi) is 10.0. The van der Waals surface area contributed by atoms with Crippen molar-refractivity contribution in [2.45, 2.75) is 58.4 Å². The molecule has 0 radical (unpaired) electrons. The van der Waals surface area contributed by atoms with Crippen LogP contribution in [-0.4, -0.2) is 52.2 Å². The molecule has 21 heavy (non-hydrogen) atoms. The molecule has 0 aliphatic heterocycles. The first kappa shape index (κ1) is 19.2. The Bertz CT molecular complexity index is 338. The van der Waals surface area contributed by atoms with Crippen LogP contribution in [0.15, 0.2) is 0 Å². The lowest BCUT2D eigenvalue weighted by Gasteiger charge is -2.25. The molecule has 7 heteroatoms. The zero-order chi connectivity index (χ0) is 16.3. The number of hydrogen-bond donors (Lipinski definition) is 3. The van der Waals surface area contributed by atoms with Gasteiger partial charge in [-0.25, -0.2) is 9.59 Å². The summed E-state index contributed by atoms with van der Waals surface area (Å²) < 4.78 is 0. The molecule has 122 valence electrons. The largest absolute Gasteiger partial charge is 0.481 e. The minimum atomic E-state index is -1.21. The second-order valence-electron chi connectivity index (χ2n) is 4.97. The van der Waals surface area contributed by atoms with Crippen LogP contribution in [-0.2, 0) is 9.59 Å². The maximum atomic E-state index is 12.1. The monoisotopic (exact) mass is 302 g/mol. The fourth-order valence-corrected chi connectivity index (χ4v) is 1.78. The fraction of sp³-hybridized carbons (Fsp3) is 0.786. The quantitative estimate of drug-likeness (QED) is 0.540. The molecule has 0 aromatic rings. The maximum absolute atomic E-state index is 12.1. The number of amides is 2. The number of nitrogens with zero attached hydrogens (tertiary/aromatic N) is 1. The summed E-state index contributed by atoms with van der Waals surface area (Å²) in [5, 5.41) is 20.1. The van der Waals surface area contributed by atoms with Gasteiger partial charge in [0.25, 0.3) is 0 Å². The summed E-state index contributed by atoms with van der Waals surface area (Å²) in [5.74, 6) is -2.29. The van der Waals surface area contributed by atoms with Crippen molar-refractivity contribution in [3.8, 4) is 0 Å².